The van der Waals surface area contributed by atoms with Gasteiger partial charge in [0, 0.05) is 22.6 Å². The molecule has 0 unspecified atom stereocenters. The average molecular weight is 361 g/mol. The Balaban J connectivity index is 1.71. The third-order valence-corrected chi connectivity index (χ3v) is 5.60. The molecule has 126 valence electrons. The van der Waals surface area contributed by atoms with Crippen molar-refractivity contribution in [1.29, 1.82) is 0 Å². The summed E-state index contributed by atoms with van der Waals surface area (Å²) in [7, 11) is 1.64. The van der Waals surface area contributed by atoms with Crippen molar-refractivity contribution in [2.75, 3.05) is 13.0 Å². The van der Waals surface area contributed by atoms with Crippen molar-refractivity contribution >= 4 is 23.1 Å². The largest absolute Gasteiger partial charge is 0.497 e. The van der Waals surface area contributed by atoms with Gasteiger partial charge in [0.1, 0.15) is 5.75 Å². The second kappa shape index (κ2) is 7.23. The summed E-state index contributed by atoms with van der Waals surface area (Å²) in [5.74, 6) is 8.74. The first-order valence-corrected chi connectivity index (χ1v) is 9.37. The van der Waals surface area contributed by atoms with Gasteiger partial charge in [-0.25, -0.2) is 9.66 Å². The third kappa shape index (κ3) is 3.54. The molecule has 0 aliphatic rings. The second-order valence-corrected chi connectivity index (χ2v) is 7.36. The molecule has 1 aromatic carbocycles. The molecule has 8 heteroatoms. The highest BCUT2D eigenvalue weighted by Gasteiger charge is 2.13. The zero-order valence-electron chi connectivity index (χ0n) is 13.8. The molecule has 24 heavy (non-hydrogen) atoms. The molecule has 0 aliphatic carbocycles. The number of nitrogen functional groups attached to an aromatic ring is 1. The van der Waals surface area contributed by atoms with Crippen LogP contribution in [-0.4, -0.2) is 27.0 Å². The molecule has 0 radical (unpaired) electrons. The van der Waals surface area contributed by atoms with Gasteiger partial charge in [-0.15, -0.1) is 21.5 Å². The van der Waals surface area contributed by atoms with Crippen molar-refractivity contribution in [3.63, 3.8) is 0 Å². The first-order chi connectivity index (χ1) is 11.6. The van der Waals surface area contributed by atoms with Crippen LogP contribution in [0.2, 0.25) is 0 Å². The first kappa shape index (κ1) is 16.8. The average Bonchev–Trinajstić information content (AvgIpc) is 3.20. The fraction of sp³-hybridized carbons (Fsp3) is 0.312. The Kier molecular flexibility index (Phi) is 5.06. The Morgan fingerprint density at radius 1 is 1.25 bits per heavy atom. The van der Waals surface area contributed by atoms with E-state index < -0.39 is 0 Å². The van der Waals surface area contributed by atoms with Gasteiger partial charge in [-0.05, 0) is 24.3 Å². The van der Waals surface area contributed by atoms with E-state index in [2.05, 4.69) is 34.4 Å². The van der Waals surface area contributed by atoms with E-state index >= 15 is 0 Å². The number of ether oxygens (including phenoxy) is 1. The summed E-state index contributed by atoms with van der Waals surface area (Å²) < 4.78 is 6.68. The van der Waals surface area contributed by atoms with E-state index in [1.165, 1.54) is 16.4 Å². The van der Waals surface area contributed by atoms with Crippen molar-refractivity contribution < 1.29 is 4.74 Å². The minimum Gasteiger partial charge on any atom is -0.497 e. The molecule has 0 spiro atoms. The van der Waals surface area contributed by atoms with Crippen LogP contribution in [0.25, 0.3) is 11.4 Å². The van der Waals surface area contributed by atoms with E-state index in [1.54, 1.807) is 18.4 Å². The Labute approximate surface area is 149 Å². The summed E-state index contributed by atoms with van der Waals surface area (Å²) >= 11 is 3.22. The molecule has 2 N–H and O–H groups in total. The number of thiazole rings is 1. The smallest absolute Gasteiger partial charge is 0.210 e. The summed E-state index contributed by atoms with van der Waals surface area (Å²) in [5.41, 5.74) is 1.94. The van der Waals surface area contributed by atoms with Gasteiger partial charge in [0.2, 0.25) is 5.16 Å². The van der Waals surface area contributed by atoms with Gasteiger partial charge in [-0.1, -0.05) is 25.6 Å². The van der Waals surface area contributed by atoms with Gasteiger partial charge in [-0.3, -0.25) is 0 Å². The molecule has 0 atom stereocenters. The molecular formula is C16H19N5OS2. The maximum absolute atomic E-state index is 6.15. The van der Waals surface area contributed by atoms with Crippen molar-refractivity contribution in [2.45, 2.75) is 30.7 Å². The summed E-state index contributed by atoms with van der Waals surface area (Å²) in [6, 6.07) is 7.57. The quantitative estimate of drug-likeness (QED) is 0.534. The second-order valence-electron chi connectivity index (χ2n) is 5.53. The monoisotopic (exact) mass is 361 g/mol. The lowest BCUT2D eigenvalue weighted by atomic mass is 10.2. The van der Waals surface area contributed by atoms with Crippen LogP contribution in [0.5, 0.6) is 5.75 Å². The molecule has 3 aromatic rings. The minimum absolute atomic E-state index is 0.452. The van der Waals surface area contributed by atoms with Gasteiger partial charge >= 0.3 is 0 Å². The zero-order chi connectivity index (χ0) is 17.1. The number of benzene rings is 1. The number of aromatic nitrogens is 4. The van der Waals surface area contributed by atoms with Gasteiger partial charge < -0.3 is 10.6 Å². The van der Waals surface area contributed by atoms with Crippen LogP contribution in [0.15, 0.2) is 34.8 Å². The van der Waals surface area contributed by atoms with E-state index in [0.717, 1.165) is 27.8 Å². The van der Waals surface area contributed by atoms with Gasteiger partial charge in [0.05, 0.1) is 17.8 Å². The fourth-order valence-corrected chi connectivity index (χ4v) is 3.79. The van der Waals surface area contributed by atoms with E-state index in [1.807, 2.05) is 24.3 Å². The van der Waals surface area contributed by atoms with Crippen LogP contribution in [-0.2, 0) is 5.75 Å². The van der Waals surface area contributed by atoms with Crippen LogP contribution < -0.4 is 10.6 Å². The van der Waals surface area contributed by atoms with E-state index in [-0.39, 0.29) is 0 Å². The Morgan fingerprint density at radius 3 is 2.62 bits per heavy atom. The topological polar surface area (TPSA) is 78.9 Å². The molecule has 0 saturated heterocycles. The van der Waals surface area contributed by atoms with Crippen molar-refractivity contribution in [1.82, 2.24) is 19.9 Å². The van der Waals surface area contributed by atoms with Gasteiger partial charge in [0.15, 0.2) is 5.82 Å². The molecule has 2 heterocycles. The molecule has 0 bridgehead atoms. The highest BCUT2D eigenvalue weighted by Crippen LogP contribution is 2.27. The molecule has 2 aromatic heterocycles. The lowest BCUT2D eigenvalue weighted by molar-refractivity contribution is 0.415. The lowest BCUT2D eigenvalue weighted by Gasteiger charge is -2.04. The first-order valence-electron chi connectivity index (χ1n) is 7.50. The summed E-state index contributed by atoms with van der Waals surface area (Å²) in [6.45, 7) is 4.29. The Morgan fingerprint density at radius 2 is 2.00 bits per heavy atom. The lowest BCUT2D eigenvalue weighted by Crippen LogP contribution is -2.11. The third-order valence-electron chi connectivity index (χ3n) is 3.43. The minimum atomic E-state index is 0.452. The number of hydrogen-bond donors (Lipinski definition) is 1. The van der Waals surface area contributed by atoms with Crippen molar-refractivity contribution in [3.8, 4) is 17.1 Å². The van der Waals surface area contributed by atoms with E-state index in [4.69, 9.17) is 10.6 Å². The SMILES string of the molecule is COc1ccc(-c2nnc(SCc3csc(C(C)C)n3)n2N)cc1. The number of thioether (sulfide) groups is 1. The van der Waals surface area contributed by atoms with Crippen LogP contribution in [0.1, 0.15) is 30.5 Å². The van der Waals surface area contributed by atoms with Crippen molar-refractivity contribution in [2.24, 2.45) is 0 Å². The summed E-state index contributed by atoms with van der Waals surface area (Å²) in [5, 5.41) is 12.3. The maximum atomic E-state index is 6.15. The molecule has 0 amide bonds. The fourth-order valence-electron chi connectivity index (χ4n) is 2.11. The summed E-state index contributed by atoms with van der Waals surface area (Å²) in [4.78, 5) is 4.62. The highest BCUT2D eigenvalue weighted by molar-refractivity contribution is 7.98. The van der Waals surface area contributed by atoms with Crippen LogP contribution >= 0.6 is 23.1 Å². The molecule has 6 nitrogen and oxygen atoms in total. The molecule has 0 saturated carbocycles. The van der Waals surface area contributed by atoms with E-state index in [9.17, 15) is 0 Å². The summed E-state index contributed by atoms with van der Waals surface area (Å²) in [6.07, 6.45) is 0. The number of hydrogen-bond acceptors (Lipinski definition) is 7. The van der Waals surface area contributed by atoms with Crippen molar-refractivity contribution in [3.05, 3.63) is 40.3 Å². The highest BCUT2D eigenvalue weighted by atomic mass is 32.2. The number of rotatable bonds is 6. The molecular weight excluding hydrogens is 342 g/mol. The van der Waals surface area contributed by atoms with Crippen LogP contribution in [0.4, 0.5) is 0 Å². The predicted molar refractivity (Wildman–Crippen MR) is 97.9 cm³/mol. The Hall–Kier alpha value is -2.06. The Bertz CT molecular complexity index is 810. The van der Waals surface area contributed by atoms with Gasteiger partial charge in [-0.2, -0.15) is 0 Å². The molecule has 0 fully saturated rings. The molecule has 3 rings (SSSR count). The van der Waals surface area contributed by atoms with E-state index in [0.29, 0.717) is 16.9 Å². The standard InChI is InChI=1S/C16H19N5OS2/c1-10(2)15-18-12(8-23-15)9-24-16-20-19-14(21(16)17)11-4-6-13(22-3)7-5-11/h4-8,10H,9,17H2,1-3H3. The molecule has 0 aliphatic heterocycles. The maximum Gasteiger partial charge on any atom is 0.210 e. The van der Waals surface area contributed by atoms with Gasteiger partial charge in [0.25, 0.3) is 0 Å². The number of nitrogens with two attached hydrogens (primary N) is 1. The van der Waals surface area contributed by atoms with Crippen LogP contribution in [0.3, 0.4) is 0 Å². The van der Waals surface area contributed by atoms with Crippen LogP contribution in [0, 0.1) is 0 Å². The normalized spacial score (nSPS) is 11.2. The number of methoxy groups -OCH3 is 1. The number of nitrogens with zero attached hydrogens (tertiary/aromatic N) is 4. The zero-order valence-corrected chi connectivity index (χ0v) is 15.4. The predicted octanol–water partition coefficient (Wildman–Crippen LogP) is 3.54.